The maximum absolute atomic E-state index is 12.1. The van der Waals surface area contributed by atoms with Crippen molar-refractivity contribution in [1.82, 2.24) is 5.43 Å². The number of hydrogen-bond acceptors (Lipinski definition) is 4. The van der Waals surface area contributed by atoms with Crippen LogP contribution in [-0.2, 0) is 4.79 Å². The van der Waals surface area contributed by atoms with Crippen LogP contribution in [0.3, 0.4) is 0 Å². The molecule has 0 radical (unpaired) electrons. The second-order valence-corrected chi connectivity index (χ2v) is 7.00. The number of nitrogens with one attached hydrogen (secondary N) is 2. The second kappa shape index (κ2) is 8.67. The lowest BCUT2D eigenvalue weighted by atomic mass is 10.1. The number of carbonyl (C=O) groups excluding carboxylic acids is 2. The zero-order chi connectivity index (χ0) is 20.1. The molecule has 3 rings (SSSR count). The molecule has 28 heavy (non-hydrogen) atoms. The van der Waals surface area contributed by atoms with E-state index in [-0.39, 0.29) is 11.8 Å². The van der Waals surface area contributed by atoms with E-state index in [1.165, 1.54) is 13.1 Å². The summed E-state index contributed by atoms with van der Waals surface area (Å²) in [4.78, 5) is 23.1. The van der Waals surface area contributed by atoms with Gasteiger partial charge in [0.25, 0.3) is 5.91 Å². The summed E-state index contributed by atoms with van der Waals surface area (Å²) in [7, 11) is 0. The van der Waals surface area contributed by atoms with Crippen molar-refractivity contribution in [2.45, 2.75) is 13.8 Å². The molecular weight excluding hydrogens is 422 g/mol. The van der Waals surface area contributed by atoms with Gasteiger partial charge in [-0.15, -0.1) is 0 Å². The predicted molar refractivity (Wildman–Crippen MR) is 112 cm³/mol. The van der Waals surface area contributed by atoms with Gasteiger partial charge in [-0.1, -0.05) is 22.0 Å². The molecule has 0 atom stereocenters. The number of hydrazone groups is 1. The molecule has 3 aromatic rings. The summed E-state index contributed by atoms with van der Waals surface area (Å²) in [5, 5.41) is 6.57. The smallest absolute Gasteiger partial charge is 0.271 e. The van der Waals surface area contributed by atoms with Crippen LogP contribution in [0.5, 0.6) is 0 Å². The van der Waals surface area contributed by atoms with Crippen LogP contribution in [-0.4, -0.2) is 18.0 Å². The van der Waals surface area contributed by atoms with E-state index in [4.69, 9.17) is 4.42 Å². The number of hydrogen-bond donors (Lipinski definition) is 2. The molecular formula is C21H18BrN3O3. The monoisotopic (exact) mass is 439 g/mol. The van der Waals surface area contributed by atoms with Gasteiger partial charge in [0.1, 0.15) is 11.5 Å². The summed E-state index contributed by atoms with van der Waals surface area (Å²) in [5.41, 5.74) is 5.59. The molecule has 0 saturated heterocycles. The van der Waals surface area contributed by atoms with E-state index in [9.17, 15) is 9.59 Å². The van der Waals surface area contributed by atoms with Crippen LogP contribution >= 0.6 is 15.9 Å². The van der Waals surface area contributed by atoms with E-state index in [0.29, 0.717) is 22.8 Å². The highest BCUT2D eigenvalue weighted by Gasteiger charge is 2.08. The zero-order valence-corrected chi connectivity index (χ0v) is 16.9. The molecule has 0 bridgehead atoms. The Kier molecular flexibility index (Phi) is 6.06. The molecule has 7 heteroatoms. The Morgan fingerprint density at radius 1 is 1.07 bits per heavy atom. The van der Waals surface area contributed by atoms with E-state index < -0.39 is 0 Å². The summed E-state index contributed by atoms with van der Waals surface area (Å²) in [5.74, 6) is 0.688. The largest absolute Gasteiger partial charge is 0.455 e. The molecule has 1 aromatic heterocycles. The maximum Gasteiger partial charge on any atom is 0.271 e. The predicted octanol–water partition coefficient (Wildman–Crippen LogP) is 4.74. The second-order valence-electron chi connectivity index (χ2n) is 6.14. The summed E-state index contributed by atoms with van der Waals surface area (Å²) in [6, 6.07) is 16.1. The summed E-state index contributed by atoms with van der Waals surface area (Å²) < 4.78 is 6.71. The van der Waals surface area contributed by atoms with E-state index in [0.717, 1.165) is 15.6 Å². The third kappa shape index (κ3) is 4.95. The third-order valence-electron chi connectivity index (χ3n) is 3.84. The van der Waals surface area contributed by atoms with Gasteiger partial charge in [0.2, 0.25) is 5.91 Å². The van der Waals surface area contributed by atoms with E-state index in [2.05, 4.69) is 31.8 Å². The minimum atomic E-state index is -0.362. The zero-order valence-electron chi connectivity index (χ0n) is 15.3. The number of furan rings is 1. The van der Waals surface area contributed by atoms with Crippen LogP contribution in [0, 0.1) is 6.92 Å². The molecule has 142 valence electrons. The van der Waals surface area contributed by atoms with Gasteiger partial charge in [-0.05, 0) is 61.0 Å². The van der Waals surface area contributed by atoms with Gasteiger partial charge in [0.15, 0.2) is 0 Å². The van der Waals surface area contributed by atoms with Gasteiger partial charge < -0.3 is 9.73 Å². The molecule has 0 aliphatic carbocycles. The van der Waals surface area contributed by atoms with Crippen molar-refractivity contribution in [3.8, 4) is 11.3 Å². The first-order valence-corrected chi connectivity index (χ1v) is 9.29. The van der Waals surface area contributed by atoms with Crippen molar-refractivity contribution in [2.75, 3.05) is 5.32 Å². The molecule has 2 aromatic carbocycles. The standard InChI is InChI=1S/C21H18BrN3O3/c1-13-3-9-18(19(22)11-13)20-10-8-17(28-20)12-23-25-21(27)15-4-6-16(7-5-15)24-14(2)26/h3-12H,1-2H3,(H,24,26)(H,25,27)/b23-12-. The molecule has 1 heterocycles. The topological polar surface area (TPSA) is 83.7 Å². The highest BCUT2D eigenvalue weighted by molar-refractivity contribution is 9.10. The van der Waals surface area contributed by atoms with Crippen LogP contribution in [0.15, 0.2) is 68.6 Å². The minimum Gasteiger partial charge on any atom is -0.455 e. The van der Waals surface area contributed by atoms with Crippen LogP contribution in [0.4, 0.5) is 5.69 Å². The number of amides is 2. The Morgan fingerprint density at radius 2 is 1.82 bits per heavy atom. The normalized spacial score (nSPS) is 10.8. The van der Waals surface area contributed by atoms with E-state index >= 15 is 0 Å². The quantitative estimate of drug-likeness (QED) is 0.444. The lowest BCUT2D eigenvalue weighted by molar-refractivity contribution is -0.114. The highest BCUT2D eigenvalue weighted by atomic mass is 79.9. The number of aryl methyl sites for hydroxylation is 1. The number of anilines is 1. The first kappa shape index (κ1) is 19.6. The molecule has 0 unspecified atom stereocenters. The Labute approximate surface area is 170 Å². The highest BCUT2D eigenvalue weighted by Crippen LogP contribution is 2.30. The average Bonchev–Trinajstić information content (AvgIpc) is 3.10. The lowest BCUT2D eigenvalue weighted by Crippen LogP contribution is -2.17. The number of carbonyl (C=O) groups is 2. The SMILES string of the molecule is CC(=O)Nc1ccc(C(=O)N/N=C\c2ccc(-c3ccc(C)cc3Br)o2)cc1. The number of nitrogens with zero attached hydrogens (tertiary/aromatic N) is 1. The molecule has 0 aliphatic rings. The van der Waals surface area contributed by atoms with Gasteiger partial charge in [0.05, 0.1) is 6.21 Å². The minimum absolute atomic E-state index is 0.169. The molecule has 2 N–H and O–H groups in total. The third-order valence-corrected chi connectivity index (χ3v) is 4.50. The van der Waals surface area contributed by atoms with Gasteiger partial charge in [-0.2, -0.15) is 5.10 Å². The summed E-state index contributed by atoms with van der Waals surface area (Å²) in [6.07, 6.45) is 1.44. The van der Waals surface area contributed by atoms with Crippen molar-refractivity contribution in [2.24, 2.45) is 5.10 Å². The van der Waals surface area contributed by atoms with Crippen molar-refractivity contribution < 1.29 is 14.0 Å². The fraction of sp³-hybridized carbons (Fsp3) is 0.0952. The van der Waals surface area contributed by atoms with E-state index in [1.807, 2.05) is 31.2 Å². The number of rotatable bonds is 5. The maximum atomic E-state index is 12.1. The van der Waals surface area contributed by atoms with Crippen LogP contribution in [0.25, 0.3) is 11.3 Å². The van der Waals surface area contributed by atoms with Gasteiger partial charge >= 0.3 is 0 Å². The van der Waals surface area contributed by atoms with Gasteiger partial charge in [0, 0.05) is 28.2 Å². The number of halogens is 1. The lowest BCUT2D eigenvalue weighted by Gasteiger charge is -2.03. The Hall–Kier alpha value is -3.19. The number of benzene rings is 2. The fourth-order valence-corrected chi connectivity index (χ4v) is 3.20. The van der Waals surface area contributed by atoms with Crippen LogP contribution in [0.1, 0.15) is 28.6 Å². The summed E-state index contributed by atoms with van der Waals surface area (Å²) >= 11 is 3.53. The van der Waals surface area contributed by atoms with Gasteiger partial charge in [-0.3, -0.25) is 9.59 Å². The molecule has 0 aliphatic heterocycles. The molecule has 6 nitrogen and oxygen atoms in total. The van der Waals surface area contributed by atoms with Crippen molar-refractivity contribution in [3.05, 3.63) is 76.0 Å². The van der Waals surface area contributed by atoms with Crippen molar-refractivity contribution >= 4 is 39.6 Å². The van der Waals surface area contributed by atoms with Crippen LogP contribution in [0.2, 0.25) is 0 Å². The van der Waals surface area contributed by atoms with Crippen LogP contribution < -0.4 is 10.7 Å². The Morgan fingerprint density at radius 3 is 2.50 bits per heavy atom. The van der Waals surface area contributed by atoms with Crippen molar-refractivity contribution in [1.29, 1.82) is 0 Å². The summed E-state index contributed by atoms with van der Waals surface area (Å²) in [6.45, 7) is 3.44. The molecule has 0 spiro atoms. The fourth-order valence-electron chi connectivity index (χ4n) is 2.51. The van der Waals surface area contributed by atoms with Gasteiger partial charge in [-0.25, -0.2) is 5.43 Å². The Balaban J connectivity index is 1.62. The first-order chi connectivity index (χ1) is 13.4. The first-order valence-electron chi connectivity index (χ1n) is 8.50. The van der Waals surface area contributed by atoms with Crippen molar-refractivity contribution in [3.63, 3.8) is 0 Å². The van der Waals surface area contributed by atoms with E-state index in [1.54, 1.807) is 30.3 Å². The molecule has 2 amide bonds. The average molecular weight is 440 g/mol. The Bertz CT molecular complexity index is 1040. The molecule has 0 fully saturated rings. The molecule has 0 saturated carbocycles.